The Labute approximate surface area is 124 Å². The number of benzene rings is 1. The number of hydrogen-bond donors (Lipinski definition) is 0. The van der Waals surface area contributed by atoms with Crippen LogP contribution in [0.3, 0.4) is 0 Å². The van der Waals surface area contributed by atoms with E-state index in [4.69, 9.17) is 0 Å². The molecule has 0 radical (unpaired) electrons. The molecule has 16 heavy (non-hydrogen) atoms. The average molecular weight is 425 g/mol. The highest BCUT2D eigenvalue weighted by atomic mass is 79.9. The molecule has 0 nitrogen and oxygen atoms in total. The summed E-state index contributed by atoms with van der Waals surface area (Å²) in [4.78, 5) is 1.56. The van der Waals surface area contributed by atoms with Crippen LogP contribution in [0.25, 0.3) is 0 Å². The zero-order valence-corrected chi connectivity index (χ0v) is 14.1. The molecule has 84 valence electrons. The lowest BCUT2D eigenvalue weighted by molar-refractivity contribution is 1.20. The first-order valence-electron chi connectivity index (χ1n) is 4.74. The van der Waals surface area contributed by atoms with Crippen molar-refractivity contribution in [3.8, 4) is 0 Å². The smallest absolute Gasteiger partial charge is 0.0749 e. The largest absolute Gasteiger partial charge is 0.131 e. The van der Waals surface area contributed by atoms with Gasteiger partial charge in [-0.15, -0.1) is 11.3 Å². The van der Waals surface area contributed by atoms with Crippen molar-refractivity contribution in [2.24, 2.45) is 0 Å². The van der Waals surface area contributed by atoms with Crippen LogP contribution in [0.2, 0.25) is 0 Å². The van der Waals surface area contributed by atoms with Crippen LogP contribution in [0.15, 0.2) is 38.6 Å². The summed E-state index contributed by atoms with van der Waals surface area (Å²) in [6.45, 7) is 2.11. The van der Waals surface area contributed by atoms with Crippen molar-refractivity contribution in [2.45, 2.75) is 11.8 Å². The maximum absolute atomic E-state index is 3.75. The molecule has 0 amide bonds. The maximum Gasteiger partial charge on any atom is 0.0749 e. The predicted molar refractivity (Wildman–Crippen MR) is 81.7 cm³/mol. The van der Waals surface area contributed by atoms with Crippen molar-refractivity contribution in [1.82, 2.24) is 0 Å². The molecule has 4 heteroatoms. The van der Waals surface area contributed by atoms with E-state index in [1.807, 2.05) is 6.07 Å². The SMILES string of the molecule is Cc1cc(C(Br)c2ccccc2Br)sc1Br. The highest BCUT2D eigenvalue weighted by Gasteiger charge is 2.16. The van der Waals surface area contributed by atoms with Crippen molar-refractivity contribution in [2.75, 3.05) is 0 Å². The Balaban J connectivity index is 2.39. The Morgan fingerprint density at radius 1 is 1.19 bits per heavy atom. The molecule has 0 fully saturated rings. The molecule has 0 spiro atoms. The summed E-state index contributed by atoms with van der Waals surface area (Å²) < 4.78 is 2.35. The summed E-state index contributed by atoms with van der Waals surface area (Å²) in [6, 6.07) is 10.5. The van der Waals surface area contributed by atoms with Crippen molar-refractivity contribution in [1.29, 1.82) is 0 Å². The number of hydrogen-bond acceptors (Lipinski definition) is 1. The predicted octanol–water partition coefficient (Wildman–Crippen LogP) is 6.07. The number of aryl methyl sites for hydroxylation is 1. The number of thiophene rings is 1. The van der Waals surface area contributed by atoms with E-state index >= 15 is 0 Å². The molecule has 0 saturated heterocycles. The fourth-order valence-corrected chi connectivity index (χ4v) is 4.64. The van der Waals surface area contributed by atoms with Gasteiger partial charge in [0.15, 0.2) is 0 Å². The Morgan fingerprint density at radius 3 is 2.44 bits per heavy atom. The first kappa shape index (κ1) is 12.8. The molecule has 1 unspecified atom stereocenters. The molecule has 2 rings (SSSR count). The second kappa shape index (κ2) is 5.34. The lowest BCUT2D eigenvalue weighted by atomic mass is 10.1. The summed E-state index contributed by atoms with van der Waals surface area (Å²) in [5, 5.41) is 0. The van der Waals surface area contributed by atoms with Crippen LogP contribution in [0.4, 0.5) is 0 Å². The van der Waals surface area contributed by atoms with Crippen LogP contribution in [0.1, 0.15) is 20.8 Å². The van der Waals surface area contributed by atoms with Crippen molar-refractivity contribution < 1.29 is 0 Å². The second-order valence-corrected chi connectivity index (χ2v) is 7.66. The number of halogens is 3. The highest BCUT2D eigenvalue weighted by molar-refractivity contribution is 9.11. The third kappa shape index (κ3) is 2.61. The van der Waals surface area contributed by atoms with Crippen LogP contribution < -0.4 is 0 Å². The minimum absolute atomic E-state index is 0.248. The summed E-state index contributed by atoms with van der Waals surface area (Å²) >= 11 is 12.7. The summed E-state index contributed by atoms with van der Waals surface area (Å²) in [5.74, 6) is 0. The molecule has 0 aliphatic heterocycles. The van der Waals surface area contributed by atoms with E-state index in [2.05, 4.69) is 79.0 Å². The minimum atomic E-state index is 0.248. The second-order valence-electron chi connectivity index (χ2n) is 3.49. The van der Waals surface area contributed by atoms with E-state index in [0.29, 0.717) is 0 Å². The molecule has 0 aliphatic carbocycles. The quantitative estimate of drug-likeness (QED) is 0.513. The van der Waals surface area contributed by atoms with E-state index in [-0.39, 0.29) is 4.83 Å². The topological polar surface area (TPSA) is 0 Å². The fraction of sp³-hybridized carbons (Fsp3) is 0.167. The van der Waals surface area contributed by atoms with Crippen molar-refractivity contribution in [3.63, 3.8) is 0 Å². The lowest BCUT2D eigenvalue weighted by Crippen LogP contribution is -1.90. The van der Waals surface area contributed by atoms with E-state index in [1.54, 1.807) is 11.3 Å². The van der Waals surface area contributed by atoms with Crippen LogP contribution in [-0.2, 0) is 0 Å². The van der Waals surface area contributed by atoms with Gasteiger partial charge in [-0.2, -0.15) is 0 Å². The third-order valence-electron chi connectivity index (χ3n) is 2.30. The van der Waals surface area contributed by atoms with E-state index in [9.17, 15) is 0 Å². The normalized spacial score (nSPS) is 12.8. The minimum Gasteiger partial charge on any atom is -0.131 e. The summed E-state index contributed by atoms with van der Waals surface area (Å²) in [5.41, 5.74) is 2.55. The molecule has 0 saturated carbocycles. The average Bonchev–Trinajstić information content (AvgIpc) is 2.59. The zero-order valence-electron chi connectivity index (χ0n) is 8.51. The molecular formula is C12H9Br3S. The molecule has 0 aliphatic rings. The fourth-order valence-electron chi connectivity index (χ4n) is 1.44. The summed E-state index contributed by atoms with van der Waals surface area (Å²) in [6.07, 6.45) is 0. The van der Waals surface area contributed by atoms with Gasteiger partial charge in [-0.1, -0.05) is 50.1 Å². The highest BCUT2D eigenvalue weighted by Crippen LogP contribution is 2.41. The molecular weight excluding hydrogens is 416 g/mol. The van der Waals surface area contributed by atoms with Gasteiger partial charge in [-0.3, -0.25) is 0 Å². The van der Waals surface area contributed by atoms with E-state index in [1.165, 1.54) is 19.8 Å². The monoisotopic (exact) mass is 422 g/mol. The van der Waals surface area contributed by atoms with Gasteiger partial charge in [0.05, 0.1) is 8.61 Å². The van der Waals surface area contributed by atoms with Gasteiger partial charge in [0.1, 0.15) is 0 Å². The molecule has 0 N–H and O–H groups in total. The molecule has 1 atom stereocenters. The number of rotatable bonds is 2. The third-order valence-corrected chi connectivity index (χ3v) is 6.52. The van der Waals surface area contributed by atoms with Gasteiger partial charge in [0.25, 0.3) is 0 Å². The van der Waals surface area contributed by atoms with Gasteiger partial charge in [0.2, 0.25) is 0 Å². The van der Waals surface area contributed by atoms with E-state index < -0.39 is 0 Å². The zero-order chi connectivity index (χ0) is 11.7. The van der Waals surface area contributed by atoms with Gasteiger partial charge < -0.3 is 0 Å². The Morgan fingerprint density at radius 2 is 1.88 bits per heavy atom. The summed E-state index contributed by atoms with van der Waals surface area (Å²) in [7, 11) is 0. The van der Waals surface area contributed by atoms with Crippen LogP contribution in [-0.4, -0.2) is 0 Å². The first-order chi connectivity index (χ1) is 7.59. The van der Waals surface area contributed by atoms with Crippen molar-refractivity contribution in [3.05, 3.63) is 54.6 Å². The van der Waals surface area contributed by atoms with Gasteiger partial charge in [0, 0.05) is 9.35 Å². The molecule has 1 heterocycles. The van der Waals surface area contributed by atoms with E-state index in [0.717, 1.165) is 4.47 Å². The molecule has 1 aromatic heterocycles. The standard InChI is InChI=1S/C12H9Br3S/c1-7-6-10(16-12(7)15)11(14)8-4-2-3-5-9(8)13/h2-6,11H,1H3. The molecule has 1 aromatic carbocycles. The van der Waals surface area contributed by atoms with Crippen LogP contribution >= 0.6 is 59.1 Å². The lowest BCUT2D eigenvalue weighted by Gasteiger charge is -2.09. The Bertz CT molecular complexity index is 485. The van der Waals surface area contributed by atoms with Gasteiger partial charge >= 0.3 is 0 Å². The first-order valence-corrected chi connectivity index (χ1v) is 8.05. The molecule has 0 bridgehead atoms. The molecule has 2 aromatic rings. The number of alkyl halides is 1. The Kier molecular flexibility index (Phi) is 4.27. The van der Waals surface area contributed by atoms with Crippen LogP contribution in [0.5, 0.6) is 0 Å². The van der Waals surface area contributed by atoms with Gasteiger partial charge in [-0.05, 0) is 46.1 Å². The Hall–Kier alpha value is 0.360. The van der Waals surface area contributed by atoms with Crippen LogP contribution in [0, 0.1) is 6.92 Å². The maximum atomic E-state index is 3.75. The van der Waals surface area contributed by atoms with Crippen molar-refractivity contribution >= 4 is 59.1 Å². The van der Waals surface area contributed by atoms with Gasteiger partial charge in [-0.25, -0.2) is 0 Å².